The fourth-order valence-electron chi connectivity index (χ4n) is 1.54. The zero-order chi connectivity index (χ0) is 10.1. The lowest BCUT2D eigenvalue weighted by Crippen LogP contribution is -1.92. The highest BCUT2D eigenvalue weighted by Gasteiger charge is 2.26. The minimum absolute atomic E-state index is 0.233. The van der Waals surface area contributed by atoms with Gasteiger partial charge in [0.2, 0.25) is 0 Å². The van der Waals surface area contributed by atoms with Crippen molar-refractivity contribution in [2.45, 2.75) is 20.3 Å². The zero-order valence-corrected chi connectivity index (χ0v) is 8.33. The topological polar surface area (TPSA) is 26.3 Å². The van der Waals surface area contributed by atoms with Gasteiger partial charge in [-0.15, -0.1) is 0 Å². The van der Waals surface area contributed by atoms with Gasteiger partial charge in [-0.2, -0.15) is 0 Å². The second-order valence-corrected chi connectivity index (χ2v) is 3.40. The predicted molar refractivity (Wildman–Crippen MR) is 54.7 cm³/mol. The lowest BCUT2D eigenvalue weighted by molar-refractivity contribution is 0.0714. The maximum absolute atomic E-state index is 11.4. The Morgan fingerprint density at radius 3 is 2.57 bits per heavy atom. The first-order valence-corrected chi connectivity index (χ1v) is 4.75. The van der Waals surface area contributed by atoms with Crippen LogP contribution in [0, 0.1) is 0 Å². The molecule has 0 bridgehead atoms. The monoisotopic (exact) mass is 188 g/mol. The Hall–Kier alpha value is -1.57. The van der Waals surface area contributed by atoms with E-state index in [-0.39, 0.29) is 5.97 Å². The molecule has 0 saturated carbocycles. The molecule has 2 rings (SSSR count). The van der Waals surface area contributed by atoms with Crippen LogP contribution in [0.15, 0.2) is 29.8 Å². The highest BCUT2D eigenvalue weighted by atomic mass is 16.5. The van der Waals surface area contributed by atoms with Gasteiger partial charge in [-0.3, -0.25) is 0 Å². The quantitative estimate of drug-likeness (QED) is 0.633. The van der Waals surface area contributed by atoms with E-state index in [4.69, 9.17) is 4.74 Å². The van der Waals surface area contributed by atoms with Crippen LogP contribution in [0.2, 0.25) is 0 Å². The number of hydrogen-bond donors (Lipinski definition) is 0. The second kappa shape index (κ2) is 3.29. The van der Waals surface area contributed by atoms with Gasteiger partial charge < -0.3 is 4.74 Å². The number of ether oxygens (including phenoxy) is 1. The summed E-state index contributed by atoms with van der Waals surface area (Å²) in [6.07, 6.45) is 0.900. The van der Waals surface area contributed by atoms with E-state index >= 15 is 0 Å². The molecular weight excluding hydrogens is 176 g/mol. The summed E-state index contributed by atoms with van der Waals surface area (Å²) in [6, 6.07) is 7.50. The molecule has 0 fully saturated rings. The number of esters is 1. The highest BCUT2D eigenvalue weighted by molar-refractivity contribution is 6.03. The molecule has 2 nitrogen and oxygen atoms in total. The maximum Gasteiger partial charge on any atom is 0.344 e. The summed E-state index contributed by atoms with van der Waals surface area (Å²) in [5.74, 6) is 0.511. The third-order valence-electron chi connectivity index (χ3n) is 2.50. The van der Waals surface area contributed by atoms with Crippen LogP contribution < -0.4 is 0 Å². The van der Waals surface area contributed by atoms with Crippen molar-refractivity contribution in [1.29, 1.82) is 0 Å². The number of carbonyl (C=O) groups excluding carboxylic acids is 1. The van der Waals surface area contributed by atoms with Crippen molar-refractivity contribution in [3.63, 3.8) is 0 Å². The second-order valence-electron chi connectivity index (χ2n) is 3.40. The number of hydrogen-bond acceptors (Lipinski definition) is 2. The SMILES string of the molecule is CCC(C)=C1OC(=O)c2ccccc21. The minimum Gasteiger partial charge on any atom is -0.422 e. The first kappa shape index (κ1) is 9.00. The molecule has 1 aliphatic heterocycles. The summed E-state index contributed by atoms with van der Waals surface area (Å²) in [4.78, 5) is 11.4. The van der Waals surface area contributed by atoms with Crippen LogP contribution in [0.3, 0.4) is 0 Å². The van der Waals surface area contributed by atoms with Crippen molar-refractivity contribution >= 4 is 11.7 Å². The van der Waals surface area contributed by atoms with Gasteiger partial charge in [0.15, 0.2) is 0 Å². The molecule has 0 saturated heterocycles. The zero-order valence-electron chi connectivity index (χ0n) is 8.33. The van der Waals surface area contributed by atoms with Crippen LogP contribution >= 0.6 is 0 Å². The largest absolute Gasteiger partial charge is 0.422 e. The molecule has 2 heteroatoms. The van der Waals surface area contributed by atoms with E-state index in [0.717, 1.165) is 23.3 Å². The number of fused-ring (bicyclic) bond motifs is 1. The molecule has 0 atom stereocenters. The summed E-state index contributed by atoms with van der Waals surface area (Å²) >= 11 is 0. The molecule has 0 aromatic heterocycles. The average Bonchev–Trinajstić information content (AvgIpc) is 2.56. The van der Waals surface area contributed by atoms with E-state index in [9.17, 15) is 4.79 Å². The van der Waals surface area contributed by atoms with Crippen LogP contribution in [0.25, 0.3) is 5.76 Å². The summed E-state index contributed by atoms with van der Waals surface area (Å²) in [7, 11) is 0. The number of benzene rings is 1. The summed E-state index contributed by atoms with van der Waals surface area (Å²) < 4.78 is 5.23. The van der Waals surface area contributed by atoms with Crippen molar-refractivity contribution in [1.82, 2.24) is 0 Å². The molecule has 1 aliphatic rings. The van der Waals surface area contributed by atoms with Gasteiger partial charge in [0, 0.05) is 5.56 Å². The van der Waals surface area contributed by atoms with Crippen molar-refractivity contribution in [3.8, 4) is 0 Å². The smallest absolute Gasteiger partial charge is 0.344 e. The highest BCUT2D eigenvalue weighted by Crippen LogP contribution is 2.32. The van der Waals surface area contributed by atoms with Crippen LogP contribution in [-0.2, 0) is 4.74 Å². The summed E-state index contributed by atoms with van der Waals surface area (Å²) in [5.41, 5.74) is 2.72. The van der Waals surface area contributed by atoms with Gasteiger partial charge in [-0.25, -0.2) is 4.79 Å². The van der Waals surface area contributed by atoms with Gasteiger partial charge in [-0.1, -0.05) is 25.1 Å². The van der Waals surface area contributed by atoms with Gasteiger partial charge in [0.1, 0.15) is 5.76 Å². The van der Waals surface area contributed by atoms with Crippen molar-refractivity contribution in [2.24, 2.45) is 0 Å². The fourth-order valence-corrected chi connectivity index (χ4v) is 1.54. The van der Waals surface area contributed by atoms with E-state index in [1.807, 2.05) is 25.1 Å². The Morgan fingerprint density at radius 2 is 1.93 bits per heavy atom. The first-order valence-electron chi connectivity index (χ1n) is 4.75. The van der Waals surface area contributed by atoms with E-state index in [1.165, 1.54) is 0 Å². The van der Waals surface area contributed by atoms with Gasteiger partial charge in [-0.05, 0) is 25.0 Å². The molecule has 1 aromatic carbocycles. The van der Waals surface area contributed by atoms with Gasteiger partial charge in [0.25, 0.3) is 0 Å². The Morgan fingerprint density at radius 1 is 1.29 bits per heavy atom. The number of cyclic esters (lactones) is 1. The van der Waals surface area contributed by atoms with Gasteiger partial charge in [0.05, 0.1) is 5.56 Å². The molecule has 0 N–H and O–H groups in total. The maximum atomic E-state index is 11.4. The van der Waals surface area contributed by atoms with Gasteiger partial charge >= 0.3 is 5.97 Å². The van der Waals surface area contributed by atoms with Crippen LogP contribution in [0.1, 0.15) is 36.2 Å². The Kier molecular flexibility index (Phi) is 2.12. The molecule has 0 aliphatic carbocycles. The molecule has 0 amide bonds. The van der Waals surface area contributed by atoms with Crippen molar-refractivity contribution < 1.29 is 9.53 Å². The summed E-state index contributed by atoms with van der Waals surface area (Å²) in [6.45, 7) is 4.04. The third kappa shape index (κ3) is 1.23. The van der Waals surface area contributed by atoms with E-state index in [0.29, 0.717) is 5.56 Å². The molecule has 1 aromatic rings. The van der Waals surface area contributed by atoms with Crippen molar-refractivity contribution in [3.05, 3.63) is 41.0 Å². The van der Waals surface area contributed by atoms with Crippen LogP contribution in [-0.4, -0.2) is 5.97 Å². The van der Waals surface area contributed by atoms with Crippen LogP contribution in [0.5, 0.6) is 0 Å². The lowest BCUT2D eigenvalue weighted by atomic mass is 10.0. The van der Waals surface area contributed by atoms with E-state index in [1.54, 1.807) is 6.07 Å². The first-order chi connectivity index (χ1) is 6.74. The molecule has 0 spiro atoms. The number of carbonyl (C=O) groups is 1. The Bertz CT molecular complexity index is 416. The minimum atomic E-state index is -0.233. The standard InChI is InChI=1S/C12H12O2/c1-3-8(2)11-9-6-4-5-7-10(9)12(13)14-11/h4-7H,3H2,1-2H3. The normalized spacial score (nSPS) is 17.7. The Labute approximate surface area is 83.2 Å². The lowest BCUT2D eigenvalue weighted by Gasteiger charge is -2.02. The molecule has 0 unspecified atom stereocenters. The van der Waals surface area contributed by atoms with Crippen LogP contribution in [0.4, 0.5) is 0 Å². The summed E-state index contributed by atoms with van der Waals surface area (Å²) in [5, 5.41) is 0. The van der Waals surface area contributed by atoms with E-state index < -0.39 is 0 Å². The molecule has 0 radical (unpaired) electrons. The molecule has 1 heterocycles. The fraction of sp³-hybridized carbons (Fsp3) is 0.250. The molecule has 72 valence electrons. The third-order valence-corrected chi connectivity index (χ3v) is 2.50. The van der Waals surface area contributed by atoms with E-state index in [2.05, 4.69) is 6.92 Å². The van der Waals surface area contributed by atoms with Crippen molar-refractivity contribution in [2.75, 3.05) is 0 Å². The molecular formula is C12H12O2. The predicted octanol–water partition coefficient (Wildman–Crippen LogP) is 3.00. The Balaban J connectivity index is 2.60. The number of allylic oxidation sites excluding steroid dienone is 1. The number of rotatable bonds is 1. The molecule has 14 heavy (non-hydrogen) atoms. The average molecular weight is 188 g/mol.